The number of fused-ring (bicyclic) bond motifs is 2. The van der Waals surface area contributed by atoms with Gasteiger partial charge in [-0.15, -0.1) is 0 Å². The molecule has 2 N–H and O–H groups in total. The maximum atomic E-state index is 13.9. The van der Waals surface area contributed by atoms with Crippen molar-refractivity contribution in [3.05, 3.63) is 98.2 Å². The quantitative estimate of drug-likeness (QED) is 0.264. The third-order valence-electron chi connectivity index (χ3n) is 7.20. The topological polar surface area (TPSA) is 118 Å². The molecule has 3 aromatic carbocycles. The van der Waals surface area contributed by atoms with Crippen molar-refractivity contribution in [3.8, 4) is 11.5 Å². The number of benzene rings is 3. The first-order valence-corrected chi connectivity index (χ1v) is 15.2. The Morgan fingerprint density at radius 1 is 1.00 bits per heavy atom. The number of thioether (sulfide) groups is 1. The molecule has 2 aliphatic heterocycles. The second-order valence-corrected chi connectivity index (χ2v) is 12.3. The number of ether oxygens (including phenoxy) is 2. The number of anilines is 2. The number of aromatic amines is 1. The van der Waals surface area contributed by atoms with Gasteiger partial charge in [-0.3, -0.25) is 19.2 Å². The molecule has 3 unspecified atom stereocenters. The number of amides is 3. The Bertz CT molecular complexity index is 1790. The summed E-state index contributed by atoms with van der Waals surface area (Å²) in [5, 5.41) is 2.54. The fraction of sp³-hybridized carbons (Fsp3) is 0.226. The summed E-state index contributed by atoms with van der Waals surface area (Å²) >= 11 is 2.15. The van der Waals surface area contributed by atoms with Crippen molar-refractivity contribution in [1.82, 2.24) is 4.98 Å². The number of halogens is 1. The lowest BCUT2D eigenvalue weighted by Gasteiger charge is -2.30. The van der Waals surface area contributed by atoms with Gasteiger partial charge >= 0.3 is 4.87 Å². The van der Waals surface area contributed by atoms with Gasteiger partial charge in [-0.25, -0.2) is 9.29 Å². The van der Waals surface area contributed by atoms with Crippen molar-refractivity contribution in [2.75, 3.05) is 23.4 Å². The second kappa shape index (κ2) is 11.7. The lowest BCUT2D eigenvalue weighted by Crippen LogP contribution is -2.32. The van der Waals surface area contributed by atoms with Gasteiger partial charge in [0.2, 0.25) is 11.8 Å². The van der Waals surface area contributed by atoms with Crippen LogP contribution in [0.25, 0.3) is 0 Å². The van der Waals surface area contributed by atoms with Gasteiger partial charge in [-0.2, -0.15) is 0 Å². The molecule has 3 heterocycles. The largest absolute Gasteiger partial charge is 0.490 e. The van der Waals surface area contributed by atoms with Gasteiger partial charge in [0.25, 0.3) is 5.91 Å². The molecule has 0 bridgehead atoms. The third kappa shape index (κ3) is 5.55. The van der Waals surface area contributed by atoms with Crippen LogP contribution in [-0.4, -0.2) is 41.2 Å². The van der Waals surface area contributed by atoms with E-state index in [2.05, 4.69) is 10.3 Å². The molecule has 12 heteroatoms. The van der Waals surface area contributed by atoms with Crippen LogP contribution < -0.4 is 24.6 Å². The minimum absolute atomic E-state index is 0.263. The number of carbonyl (C=O) groups excluding carboxylic acids is 3. The number of aryl methyl sites for hydroxylation is 1. The standard InChI is InChI=1S/C31H26FN3O6S2/c1-3-40-22-14-17(7-12-21(22)41-15-23(36)33-19-6-4-5-16(2)13-19)24-25-27(42-28-26(24)43-31(39)34-28)30(38)35(29(25)37)20-10-8-18(32)9-11-20/h4-14,24-25,27H,3,15H2,1-2H3,(H,33,36)(H,34,39). The smallest absolute Gasteiger partial charge is 0.305 e. The Morgan fingerprint density at radius 3 is 2.53 bits per heavy atom. The molecule has 1 saturated heterocycles. The fourth-order valence-corrected chi connectivity index (χ4v) is 7.90. The van der Waals surface area contributed by atoms with Crippen molar-refractivity contribution in [3.63, 3.8) is 0 Å². The third-order valence-corrected chi connectivity index (χ3v) is 9.60. The van der Waals surface area contributed by atoms with Crippen LogP contribution in [0.1, 0.15) is 28.8 Å². The number of hydrogen-bond acceptors (Lipinski definition) is 8. The van der Waals surface area contributed by atoms with Gasteiger partial charge in [-0.05, 0) is 73.5 Å². The van der Waals surface area contributed by atoms with E-state index >= 15 is 0 Å². The van der Waals surface area contributed by atoms with Crippen LogP contribution in [0.3, 0.4) is 0 Å². The number of nitrogens with zero attached hydrogens (tertiary/aromatic N) is 1. The van der Waals surface area contributed by atoms with Crippen molar-refractivity contribution < 1.29 is 28.2 Å². The van der Waals surface area contributed by atoms with E-state index in [9.17, 15) is 23.6 Å². The van der Waals surface area contributed by atoms with E-state index in [0.717, 1.165) is 33.6 Å². The Morgan fingerprint density at radius 2 is 1.79 bits per heavy atom. The van der Waals surface area contributed by atoms with E-state index in [-0.39, 0.29) is 23.1 Å². The van der Waals surface area contributed by atoms with Crippen LogP contribution in [0.4, 0.5) is 15.8 Å². The molecule has 0 radical (unpaired) electrons. The highest BCUT2D eigenvalue weighted by atomic mass is 32.2. The molecule has 43 heavy (non-hydrogen) atoms. The molecule has 4 aromatic rings. The molecule has 220 valence electrons. The molecular formula is C31H26FN3O6S2. The molecule has 0 saturated carbocycles. The summed E-state index contributed by atoms with van der Waals surface area (Å²) in [5.74, 6) is -2.46. The maximum Gasteiger partial charge on any atom is 0.305 e. The number of aromatic nitrogens is 1. The zero-order chi connectivity index (χ0) is 30.2. The summed E-state index contributed by atoms with van der Waals surface area (Å²) in [6, 6.07) is 17.7. The van der Waals surface area contributed by atoms with E-state index in [0.29, 0.717) is 39.3 Å². The van der Waals surface area contributed by atoms with E-state index in [4.69, 9.17) is 9.47 Å². The van der Waals surface area contributed by atoms with Crippen LogP contribution in [0.15, 0.2) is 76.6 Å². The zero-order valence-electron chi connectivity index (χ0n) is 23.1. The molecule has 2 aliphatic rings. The average molecular weight is 620 g/mol. The molecule has 3 amide bonds. The molecule has 0 spiro atoms. The molecule has 9 nitrogen and oxygen atoms in total. The SMILES string of the molecule is CCOc1cc(C2c3sc(=O)[nH]c3SC3C(=O)N(c4ccc(F)cc4)C(=O)C32)ccc1OCC(=O)Nc1cccc(C)c1. The lowest BCUT2D eigenvalue weighted by molar-refractivity contribution is -0.122. The first-order chi connectivity index (χ1) is 20.7. The van der Waals surface area contributed by atoms with Gasteiger partial charge in [0.05, 0.1) is 23.2 Å². The molecule has 1 aromatic heterocycles. The van der Waals surface area contributed by atoms with Gasteiger partial charge in [0.15, 0.2) is 18.1 Å². The van der Waals surface area contributed by atoms with Crippen molar-refractivity contribution >= 4 is 52.2 Å². The van der Waals surface area contributed by atoms with Crippen molar-refractivity contribution in [2.45, 2.75) is 30.0 Å². The molecular weight excluding hydrogens is 593 g/mol. The Labute approximate surface area is 254 Å². The Balaban J connectivity index is 1.31. The Kier molecular flexibility index (Phi) is 7.80. The minimum atomic E-state index is -0.817. The Hall–Kier alpha value is -4.42. The summed E-state index contributed by atoms with van der Waals surface area (Å²) in [6.45, 7) is 3.78. The molecule has 0 aliphatic carbocycles. The van der Waals surface area contributed by atoms with Gasteiger partial charge in [-0.1, -0.05) is 41.3 Å². The van der Waals surface area contributed by atoms with Crippen molar-refractivity contribution in [1.29, 1.82) is 0 Å². The zero-order valence-corrected chi connectivity index (χ0v) is 24.7. The maximum absolute atomic E-state index is 13.9. The number of imide groups is 1. The van der Waals surface area contributed by atoms with Gasteiger partial charge in [0.1, 0.15) is 11.1 Å². The second-order valence-electron chi connectivity index (χ2n) is 10.1. The van der Waals surface area contributed by atoms with E-state index in [1.54, 1.807) is 24.3 Å². The van der Waals surface area contributed by atoms with Crippen LogP contribution >= 0.6 is 23.1 Å². The summed E-state index contributed by atoms with van der Waals surface area (Å²) in [6.07, 6.45) is 0. The lowest BCUT2D eigenvalue weighted by atomic mass is 9.83. The average Bonchev–Trinajstić information content (AvgIpc) is 3.47. The summed E-state index contributed by atoms with van der Waals surface area (Å²) in [5.41, 5.74) is 2.60. The molecule has 1 fully saturated rings. The minimum Gasteiger partial charge on any atom is -0.490 e. The van der Waals surface area contributed by atoms with Crippen LogP contribution in [0.5, 0.6) is 11.5 Å². The van der Waals surface area contributed by atoms with E-state index in [1.807, 2.05) is 32.0 Å². The number of H-pyrrole nitrogens is 1. The molecule has 3 atom stereocenters. The number of thiazole rings is 1. The van der Waals surface area contributed by atoms with Gasteiger partial charge < -0.3 is 19.8 Å². The summed E-state index contributed by atoms with van der Waals surface area (Å²) in [7, 11) is 0. The van der Waals surface area contributed by atoms with Crippen LogP contribution in [0, 0.1) is 18.7 Å². The first kappa shape index (κ1) is 28.7. The number of rotatable bonds is 8. The fourth-order valence-electron chi connectivity index (χ4n) is 5.39. The van der Waals surface area contributed by atoms with Crippen molar-refractivity contribution in [2.24, 2.45) is 5.92 Å². The van der Waals surface area contributed by atoms with Crippen LogP contribution in [-0.2, 0) is 14.4 Å². The number of hydrogen-bond donors (Lipinski definition) is 2. The summed E-state index contributed by atoms with van der Waals surface area (Å²) in [4.78, 5) is 56.7. The van der Waals surface area contributed by atoms with Gasteiger partial charge in [0, 0.05) is 16.5 Å². The van der Waals surface area contributed by atoms with E-state index < -0.39 is 34.7 Å². The predicted molar refractivity (Wildman–Crippen MR) is 162 cm³/mol. The van der Waals surface area contributed by atoms with E-state index in [1.165, 1.54) is 24.3 Å². The highest BCUT2D eigenvalue weighted by Gasteiger charge is 2.56. The number of carbonyl (C=O) groups is 3. The molecule has 6 rings (SSSR count). The number of nitrogens with one attached hydrogen (secondary N) is 2. The highest BCUT2D eigenvalue weighted by molar-refractivity contribution is 8.00. The monoisotopic (exact) mass is 619 g/mol. The van der Waals surface area contributed by atoms with Crippen LogP contribution in [0.2, 0.25) is 0 Å². The normalized spacial score (nSPS) is 19.1. The highest BCUT2D eigenvalue weighted by Crippen LogP contribution is 2.53. The summed E-state index contributed by atoms with van der Waals surface area (Å²) < 4.78 is 25.3. The predicted octanol–water partition coefficient (Wildman–Crippen LogP) is 5.10. The first-order valence-electron chi connectivity index (χ1n) is 13.5.